The lowest BCUT2D eigenvalue weighted by Crippen LogP contribution is -2.46. The van der Waals surface area contributed by atoms with Gasteiger partial charge in [0.1, 0.15) is 13.2 Å². The number of carbonyl (C=O) groups is 1. The fourth-order valence-corrected chi connectivity index (χ4v) is 4.84. The van der Waals surface area contributed by atoms with Gasteiger partial charge in [0.2, 0.25) is 5.91 Å². The van der Waals surface area contributed by atoms with Gasteiger partial charge >= 0.3 is 7.82 Å². The molecule has 0 rings (SSSR count). The molecule has 3 atom stereocenters. The van der Waals surface area contributed by atoms with E-state index in [1.165, 1.54) is 44.9 Å². The van der Waals surface area contributed by atoms with Crippen LogP contribution >= 0.6 is 7.82 Å². The van der Waals surface area contributed by atoms with Crippen LogP contribution in [0.5, 0.6) is 0 Å². The monoisotopic (exact) mass is 551 g/mol. The molecule has 0 aliphatic carbocycles. The fraction of sp³-hybridized carbons (Fsp3) is 0.964. The highest BCUT2D eigenvalue weighted by Crippen LogP contribution is 2.43. The largest absolute Gasteiger partial charge is 0.472 e. The van der Waals surface area contributed by atoms with E-state index in [0.29, 0.717) is 23.9 Å². The Balaban J connectivity index is 4.56. The highest BCUT2D eigenvalue weighted by molar-refractivity contribution is 7.47. The first-order chi connectivity index (χ1) is 17.5. The standard InChI is InChI=1S/C28H59N2O6P/c1-6-8-10-12-13-14-15-16-18-19-21-27(31)26(29-28(32)22-20-17-11-9-7-2)25-36-37(33,34)35-24-23-30(3,4)5/h26-27,31H,6-25H2,1-5H3,(H-,29,32,33,34)/p+1. The molecule has 0 saturated heterocycles. The lowest BCUT2D eigenvalue weighted by Gasteiger charge is -2.26. The van der Waals surface area contributed by atoms with E-state index in [-0.39, 0.29) is 19.1 Å². The van der Waals surface area contributed by atoms with Gasteiger partial charge in [-0.1, -0.05) is 104 Å². The third kappa shape index (κ3) is 24.3. The molecule has 0 fully saturated rings. The third-order valence-corrected chi connectivity index (χ3v) is 7.59. The maximum atomic E-state index is 12.5. The lowest BCUT2D eigenvalue weighted by molar-refractivity contribution is -0.870. The summed E-state index contributed by atoms with van der Waals surface area (Å²) in [7, 11) is 1.61. The highest BCUT2D eigenvalue weighted by Gasteiger charge is 2.28. The van der Waals surface area contributed by atoms with Crippen molar-refractivity contribution in [1.82, 2.24) is 5.32 Å². The van der Waals surface area contributed by atoms with Gasteiger partial charge in [-0.25, -0.2) is 4.57 Å². The Kier molecular flexibility index (Phi) is 22.0. The van der Waals surface area contributed by atoms with Gasteiger partial charge in [-0.3, -0.25) is 13.8 Å². The van der Waals surface area contributed by atoms with E-state index in [0.717, 1.165) is 51.4 Å². The normalized spacial score (nSPS) is 15.3. The Hall–Kier alpha value is -0.500. The second-order valence-corrected chi connectivity index (χ2v) is 12.9. The van der Waals surface area contributed by atoms with Crippen molar-refractivity contribution in [3.05, 3.63) is 0 Å². The molecule has 8 nitrogen and oxygen atoms in total. The van der Waals surface area contributed by atoms with E-state index in [2.05, 4.69) is 19.2 Å². The zero-order chi connectivity index (χ0) is 28.0. The summed E-state index contributed by atoms with van der Waals surface area (Å²) in [5, 5.41) is 13.6. The zero-order valence-electron chi connectivity index (χ0n) is 24.7. The molecular weight excluding hydrogens is 491 g/mol. The van der Waals surface area contributed by atoms with Crippen molar-refractivity contribution in [1.29, 1.82) is 0 Å². The van der Waals surface area contributed by atoms with Crippen LogP contribution in [0.1, 0.15) is 123 Å². The summed E-state index contributed by atoms with van der Waals surface area (Å²) < 4.78 is 23.2. The van der Waals surface area contributed by atoms with Gasteiger partial charge in [0.15, 0.2) is 0 Å². The van der Waals surface area contributed by atoms with Gasteiger partial charge in [0, 0.05) is 6.42 Å². The number of rotatable bonds is 26. The molecule has 3 unspecified atom stereocenters. The van der Waals surface area contributed by atoms with Gasteiger partial charge in [-0.05, 0) is 12.8 Å². The third-order valence-electron chi connectivity index (χ3n) is 6.61. The smallest absolute Gasteiger partial charge is 0.391 e. The second kappa shape index (κ2) is 22.3. The molecule has 0 aliphatic rings. The number of hydrogen-bond donors (Lipinski definition) is 3. The molecule has 37 heavy (non-hydrogen) atoms. The molecule has 0 aromatic heterocycles. The number of unbranched alkanes of at least 4 members (excludes halogenated alkanes) is 13. The molecule has 0 aromatic rings. The lowest BCUT2D eigenvalue weighted by atomic mass is 10.0. The van der Waals surface area contributed by atoms with Crippen molar-refractivity contribution in [2.45, 2.75) is 135 Å². The van der Waals surface area contributed by atoms with Crippen molar-refractivity contribution < 1.29 is 32.9 Å². The van der Waals surface area contributed by atoms with E-state index < -0.39 is 20.0 Å². The number of phosphoric ester groups is 1. The fourth-order valence-electron chi connectivity index (χ4n) is 4.10. The number of nitrogens with one attached hydrogen (secondary N) is 1. The molecule has 0 bridgehead atoms. The Morgan fingerprint density at radius 3 is 1.81 bits per heavy atom. The van der Waals surface area contributed by atoms with Crippen molar-refractivity contribution in [3.63, 3.8) is 0 Å². The summed E-state index contributed by atoms with van der Waals surface area (Å²) >= 11 is 0. The molecular formula is C28H60N2O6P+. The van der Waals surface area contributed by atoms with Crippen LogP contribution in [0.25, 0.3) is 0 Å². The summed E-state index contributed by atoms with van der Waals surface area (Å²) in [6.07, 6.45) is 17.3. The van der Waals surface area contributed by atoms with Crippen LogP contribution in [-0.2, 0) is 18.4 Å². The number of carbonyl (C=O) groups excluding carboxylic acids is 1. The van der Waals surface area contributed by atoms with E-state index in [1.54, 1.807) is 0 Å². The maximum Gasteiger partial charge on any atom is 0.472 e. The van der Waals surface area contributed by atoms with Crippen LogP contribution in [0.3, 0.4) is 0 Å². The molecule has 9 heteroatoms. The molecule has 1 amide bonds. The average Bonchev–Trinajstić information content (AvgIpc) is 2.81. The number of phosphoric acid groups is 1. The van der Waals surface area contributed by atoms with Crippen LogP contribution in [0, 0.1) is 0 Å². The van der Waals surface area contributed by atoms with Gasteiger partial charge in [-0.15, -0.1) is 0 Å². The Bertz CT molecular complexity index is 600. The van der Waals surface area contributed by atoms with Crippen molar-refractivity contribution >= 4 is 13.7 Å². The Morgan fingerprint density at radius 2 is 1.30 bits per heavy atom. The van der Waals surface area contributed by atoms with Gasteiger partial charge < -0.3 is 19.8 Å². The molecule has 0 aliphatic heterocycles. The summed E-state index contributed by atoms with van der Waals surface area (Å²) in [5.41, 5.74) is 0. The molecule has 222 valence electrons. The minimum atomic E-state index is -4.28. The van der Waals surface area contributed by atoms with E-state index >= 15 is 0 Å². The number of nitrogens with zero attached hydrogens (tertiary/aromatic N) is 1. The first-order valence-electron chi connectivity index (χ1n) is 14.9. The van der Waals surface area contributed by atoms with Gasteiger partial charge in [0.25, 0.3) is 0 Å². The van der Waals surface area contributed by atoms with E-state index in [9.17, 15) is 19.4 Å². The summed E-state index contributed by atoms with van der Waals surface area (Å²) in [6, 6.07) is -0.746. The number of hydrogen-bond acceptors (Lipinski definition) is 5. The van der Waals surface area contributed by atoms with Crippen LogP contribution in [0.2, 0.25) is 0 Å². The Labute approximate surface area is 228 Å². The maximum absolute atomic E-state index is 12.5. The second-order valence-electron chi connectivity index (χ2n) is 11.5. The molecule has 0 heterocycles. The topological polar surface area (TPSA) is 105 Å². The summed E-state index contributed by atoms with van der Waals surface area (Å²) in [6.45, 7) is 4.74. The molecule has 0 aromatic carbocycles. The number of aliphatic hydroxyl groups is 1. The SMILES string of the molecule is CCCCCCCCCCCCC(O)C(COP(=O)(O)OCC[N+](C)(C)C)NC(=O)CCCCCCC. The van der Waals surface area contributed by atoms with Crippen LogP contribution in [-0.4, -0.2) is 73.4 Å². The first kappa shape index (κ1) is 36.5. The highest BCUT2D eigenvalue weighted by atomic mass is 31.2. The predicted molar refractivity (Wildman–Crippen MR) is 152 cm³/mol. The van der Waals surface area contributed by atoms with E-state index in [1.807, 2.05) is 21.1 Å². The summed E-state index contributed by atoms with van der Waals surface area (Å²) in [4.78, 5) is 22.6. The number of quaternary nitrogens is 1. The Morgan fingerprint density at radius 1 is 0.811 bits per heavy atom. The minimum Gasteiger partial charge on any atom is -0.391 e. The predicted octanol–water partition coefficient (Wildman–Crippen LogP) is 6.34. The minimum absolute atomic E-state index is 0.0766. The van der Waals surface area contributed by atoms with Crippen molar-refractivity contribution in [3.8, 4) is 0 Å². The van der Waals surface area contributed by atoms with Crippen molar-refractivity contribution in [2.24, 2.45) is 0 Å². The van der Waals surface area contributed by atoms with Crippen LogP contribution < -0.4 is 5.32 Å². The number of aliphatic hydroxyl groups excluding tert-OH is 1. The van der Waals surface area contributed by atoms with Gasteiger partial charge in [-0.2, -0.15) is 0 Å². The quantitative estimate of drug-likeness (QED) is 0.0658. The molecule has 0 spiro atoms. The number of amides is 1. The summed E-state index contributed by atoms with van der Waals surface area (Å²) in [5.74, 6) is -0.161. The van der Waals surface area contributed by atoms with Crippen LogP contribution in [0.4, 0.5) is 0 Å². The number of likely N-dealkylation sites (N-methyl/N-ethyl adjacent to an activating group) is 1. The molecule has 0 saturated carbocycles. The first-order valence-corrected chi connectivity index (χ1v) is 16.4. The molecule has 3 N–H and O–H groups in total. The zero-order valence-corrected chi connectivity index (χ0v) is 25.6. The molecule has 0 radical (unpaired) electrons. The van der Waals surface area contributed by atoms with Crippen LogP contribution in [0.15, 0.2) is 0 Å². The van der Waals surface area contributed by atoms with Gasteiger partial charge in [0.05, 0.1) is 39.9 Å². The van der Waals surface area contributed by atoms with Crippen molar-refractivity contribution in [2.75, 3.05) is 40.9 Å². The average molecular weight is 552 g/mol. The van der Waals surface area contributed by atoms with E-state index in [4.69, 9.17) is 9.05 Å².